The van der Waals surface area contributed by atoms with Crippen LogP contribution in [0, 0.1) is 6.92 Å². The predicted molar refractivity (Wildman–Crippen MR) is 75.5 cm³/mol. The molecule has 0 spiro atoms. The molecule has 5 nitrogen and oxygen atoms in total. The number of hydrogen-bond acceptors (Lipinski definition) is 3. The average Bonchev–Trinajstić information content (AvgIpc) is 2.30. The summed E-state index contributed by atoms with van der Waals surface area (Å²) in [7, 11) is -2.18. The molecule has 1 amide bonds. The zero-order valence-corrected chi connectivity index (χ0v) is 12.3. The van der Waals surface area contributed by atoms with Crippen molar-refractivity contribution in [3.8, 4) is 0 Å². The molecule has 0 atom stereocenters. The van der Waals surface area contributed by atoms with E-state index in [0.717, 1.165) is 5.57 Å². The van der Waals surface area contributed by atoms with E-state index in [4.69, 9.17) is 0 Å². The van der Waals surface area contributed by atoms with Crippen LogP contribution in [0.25, 0.3) is 0 Å². The number of benzene rings is 1. The van der Waals surface area contributed by atoms with Crippen LogP contribution in [0.4, 0.5) is 5.69 Å². The van der Waals surface area contributed by atoms with Crippen LogP contribution in [-0.2, 0) is 14.8 Å². The second kappa shape index (κ2) is 5.99. The minimum atomic E-state index is -3.53. The third kappa shape index (κ3) is 4.18. The first-order valence-electron chi connectivity index (χ1n) is 5.76. The van der Waals surface area contributed by atoms with Crippen molar-refractivity contribution in [2.45, 2.75) is 25.7 Å². The fraction of sp³-hybridized carbons (Fsp3) is 0.308. The van der Waals surface area contributed by atoms with Gasteiger partial charge in [-0.2, -0.15) is 0 Å². The molecule has 0 aliphatic carbocycles. The molecule has 0 aliphatic heterocycles. The fourth-order valence-corrected chi connectivity index (χ4v) is 2.51. The van der Waals surface area contributed by atoms with Crippen molar-refractivity contribution in [1.29, 1.82) is 0 Å². The molecule has 1 rings (SSSR count). The van der Waals surface area contributed by atoms with Crippen LogP contribution in [0.5, 0.6) is 0 Å². The normalized spacial score (nSPS) is 10.9. The minimum absolute atomic E-state index is 0.157. The summed E-state index contributed by atoms with van der Waals surface area (Å²) in [4.78, 5) is 11.7. The number of hydrogen-bond donors (Lipinski definition) is 2. The van der Waals surface area contributed by atoms with Gasteiger partial charge in [0.05, 0.1) is 4.90 Å². The second-order valence-electron chi connectivity index (χ2n) is 4.40. The lowest BCUT2D eigenvalue weighted by molar-refractivity contribution is -0.111. The van der Waals surface area contributed by atoms with Gasteiger partial charge >= 0.3 is 0 Å². The van der Waals surface area contributed by atoms with Crippen molar-refractivity contribution in [2.24, 2.45) is 0 Å². The zero-order valence-electron chi connectivity index (χ0n) is 11.4. The van der Waals surface area contributed by atoms with Gasteiger partial charge in [0.2, 0.25) is 15.9 Å². The molecule has 0 unspecified atom stereocenters. The quantitative estimate of drug-likeness (QED) is 0.827. The summed E-state index contributed by atoms with van der Waals surface area (Å²) in [6, 6.07) is 4.76. The van der Waals surface area contributed by atoms with Crippen molar-refractivity contribution < 1.29 is 13.2 Å². The molecule has 6 heteroatoms. The van der Waals surface area contributed by atoms with Crippen molar-refractivity contribution in [1.82, 2.24) is 4.72 Å². The first-order chi connectivity index (χ1) is 8.76. The highest BCUT2D eigenvalue weighted by atomic mass is 32.2. The molecular formula is C13H18N2O3S. The van der Waals surface area contributed by atoms with E-state index in [1.165, 1.54) is 19.2 Å². The van der Waals surface area contributed by atoms with Crippen LogP contribution in [0.3, 0.4) is 0 Å². The Kier molecular flexibility index (Phi) is 4.85. The number of carbonyl (C=O) groups excluding carboxylic acids is 1. The summed E-state index contributed by atoms with van der Waals surface area (Å²) < 4.78 is 25.9. The lowest BCUT2D eigenvalue weighted by atomic mass is 10.2. The minimum Gasteiger partial charge on any atom is -0.322 e. The van der Waals surface area contributed by atoms with Crippen LogP contribution in [0.1, 0.15) is 19.4 Å². The first-order valence-corrected chi connectivity index (χ1v) is 7.24. The number of aryl methyl sites for hydroxylation is 1. The number of allylic oxidation sites excluding steroid dienone is 1. The highest BCUT2D eigenvalue weighted by Gasteiger charge is 2.15. The van der Waals surface area contributed by atoms with Crippen molar-refractivity contribution in [3.63, 3.8) is 0 Å². The summed E-state index contributed by atoms with van der Waals surface area (Å²) in [5, 5.41) is 2.63. The Bertz CT molecular complexity index is 615. The summed E-state index contributed by atoms with van der Waals surface area (Å²) in [5.41, 5.74) is 1.93. The summed E-state index contributed by atoms with van der Waals surface area (Å²) in [5.74, 6) is -0.281. The largest absolute Gasteiger partial charge is 0.322 e. The van der Waals surface area contributed by atoms with E-state index in [2.05, 4.69) is 10.0 Å². The first kappa shape index (κ1) is 15.4. The van der Waals surface area contributed by atoms with E-state index < -0.39 is 10.0 Å². The maximum absolute atomic E-state index is 11.8. The molecule has 2 N–H and O–H groups in total. The maximum atomic E-state index is 11.8. The number of rotatable bonds is 4. The van der Waals surface area contributed by atoms with Gasteiger partial charge in [-0.15, -0.1) is 0 Å². The van der Waals surface area contributed by atoms with E-state index in [-0.39, 0.29) is 10.8 Å². The van der Waals surface area contributed by atoms with E-state index in [1.54, 1.807) is 19.1 Å². The molecular weight excluding hydrogens is 264 g/mol. The van der Waals surface area contributed by atoms with Gasteiger partial charge in [-0.25, -0.2) is 13.1 Å². The van der Waals surface area contributed by atoms with Crippen LogP contribution < -0.4 is 10.0 Å². The number of anilines is 1. The number of carbonyl (C=O) groups is 1. The summed E-state index contributed by atoms with van der Waals surface area (Å²) in [6.45, 7) is 5.32. The molecule has 0 bridgehead atoms. The van der Waals surface area contributed by atoms with E-state index >= 15 is 0 Å². The number of sulfonamides is 1. The van der Waals surface area contributed by atoms with Gasteiger partial charge in [0.15, 0.2) is 0 Å². The van der Waals surface area contributed by atoms with E-state index in [0.29, 0.717) is 11.3 Å². The van der Waals surface area contributed by atoms with Gasteiger partial charge in [0.25, 0.3) is 0 Å². The molecule has 0 aliphatic rings. The van der Waals surface area contributed by atoms with Gasteiger partial charge in [-0.3, -0.25) is 4.79 Å². The van der Waals surface area contributed by atoms with Gasteiger partial charge < -0.3 is 5.32 Å². The van der Waals surface area contributed by atoms with Gasteiger partial charge in [0, 0.05) is 11.8 Å². The van der Waals surface area contributed by atoms with Gasteiger partial charge in [0.1, 0.15) is 0 Å². The Balaban J connectivity index is 3.11. The molecule has 19 heavy (non-hydrogen) atoms. The van der Waals surface area contributed by atoms with Crippen molar-refractivity contribution in [3.05, 3.63) is 35.4 Å². The Morgan fingerprint density at radius 2 is 1.89 bits per heavy atom. The van der Waals surface area contributed by atoms with Crippen LogP contribution in [-0.4, -0.2) is 21.4 Å². The Hall–Kier alpha value is -1.66. The predicted octanol–water partition coefficient (Wildman–Crippen LogP) is 1.81. The molecule has 0 radical (unpaired) electrons. The second-order valence-corrected chi connectivity index (χ2v) is 6.25. The molecule has 0 saturated heterocycles. The summed E-state index contributed by atoms with van der Waals surface area (Å²) in [6.07, 6.45) is 1.45. The molecule has 0 heterocycles. The van der Waals surface area contributed by atoms with Crippen LogP contribution in [0.15, 0.2) is 34.7 Å². The van der Waals surface area contributed by atoms with Crippen molar-refractivity contribution >= 4 is 21.6 Å². The number of nitrogens with one attached hydrogen (secondary N) is 2. The van der Waals surface area contributed by atoms with Crippen molar-refractivity contribution in [2.75, 3.05) is 12.4 Å². The van der Waals surface area contributed by atoms with E-state index in [9.17, 15) is 13.2 Å². The molecule has 0 aromatic heterocycles. The van der Waals surface area contributed by atoms with Crippen LogP contribution in [0.2, 0.25) is 0 Å². The lowest BCUT2D eigenvalue weighted by Crippen LogP contribution is -2.20. The highest BCUT2D eigenvalue weighted by molar-refractivity contribution is 7.89. The highest BCUT2D eigenvalue weighted by Crippen LogP contribution is 2.19. The third-order valence-electron chi connectivity index (χ3n) is 2.43. The SMILES string of the molecule is CNS(=O)(=O)c1cc(NC(=O)C=C(C)C)ccc1C. The smallest absolute Gasteiger partial charge is 0.248 e. The fourth-order valence-electron chi connectivity index (χ4n) is 1.52. The third-order valence-corrected chi connectivity index (χ3v) is 3.99. The molecule has 0 fully saturated rings. The molecule has 104 valence electrons. The van der Waals surface area contributed by atoms with Gasteiger partial charge in [-0.1, -0.05) is 11.6 Å². The Labute approximate surface area is 113 Å². The van der Waals surface area contributed by atoms with Crippen LogP contribution >= 0.6 is 0 Å². The Morgan fingerprint density at radius 1 is 1.26 bits per heavy atom. The molecule has 0 saturated carbocycles. The van der Waals surface area contributed by atoms with E-state index in [1.807, 2.05) is 13.8 Å². The average molecular weight is 282 g/mol. The molecule has 1 aromatic carbocycles. The maximum Gasteiger partial charge on any atom is 0.248 e. The topological polar surface area (TPSA) is 75.3 Å². The lowest BCUT2D eigenvalue weighted by Gasteiger charge is -2.09. The standard InChI is InChI=1S/C13H18N2O3S/c1-9(2)7-13(16)15-11-6-5-10(3)12(8-11)19(17,18)14-4/h5-8,14H,1-4H3,(H,15,16). The number of amides is 1. The Morgan fingerprint density at radius 3 is 2.42 bits per heavy atom. The van der Waals surface area contributed by atoms with Gasteiger partial charge in [-0.05, 0) is 45.5 Å². The summed E-state index contributed by atoms with van der Waals surface area (Å²) >= 11 is 0. The zero-order chi connectivity index (χ0) is 14.6. The monoisotopic (exact) mass is 282 g/mol. The molecule has 1 aromatic rings.